The van der Waals surface area contributed by atoms with E-state index in [2.05, 4.69) is 48.0 Å². The number of aromatic nitrogens is 5. The lowest BCUT2D eigenvalue weighted by Gasteiger charge is -2.06. The van der Waals surface area contributed by atoms with E-state index < -0.39 is 0 Å². The third-order valence-electron chi connectivity index (χ3n) is 2.65. The summed E-state index contributed by atoms with van der Waals surface area (Å²) in [6.07, 6.45) is 4.29. The summed E-state index contributed by atoms with van der Waals surface area (Å²) in [4.78, 5) is 24.1. The Balaban J connectivity index is 1.80. The Kier molecular flexibility index (Phi) is 3.86. The number of halogens is 1. The van der Waals surface area contributed by atoms with Crippen molar-refractivity contribution in [3.05, 3.63) is 58.4 Å². The number of nitrogens with one attached hydrogen (secondary N) is 1. The van der Waals surface area contributed by atoms with Crippen LogP contribution >= 0.6 is 22.6 Å². The zero-order valence-electron chi connectivity index (χ0n) is 10.6. The van der Waals surface area contributed by atoms with Gasteiger partial charge in [0.1, 0.15) is 24.8 Å². The second-order valence-corrected chi connectivity index (χ2v) is 5.31. The highest BCUT2D eigenvalue weighted by Crippen LogP contribution is 2.11. The molecular weight excluding hydrogens is 383 g/mol. The lowest BCUT2D eigenvalue weighted by molar-refractivity contribution is 0.102. The van der Waals surface area contributed by atoms with Gasteiger partial charge in [-0.3, -0.25) is 4.79 Å². The summed E-state index contributed by atoms with van der Waals surface area (Å²) in [5, 5.41) is 6.70. The second-order valence-electron chi connectivity index (χ2n) is 4.06. The van der Waals surface area contributed by atoms with Crippen molar-refractivity contribution in [1.82, 2.24) is 24.7 Å². The van der Waals surface area contributed by atoms with E-state index in [1.54, 1.807) is 18.2 Å². The van der Waals surface area contributed by atoms with Crippen LogP contribution in [0.5, 0.6) is 0 Å². The van der Waals surface area contributed by atoms with E-state index >= 15 is 0 Å². The normalized spacial score (nSPS) is 10.3. The van der Waals surface area contributed by atoms with E-state index in [0.717, 1.165) is 3.57 Å². The highest BCUT2D eigenvalue weighted by molar-refractivity contribution is 14.1. The summed E-state index contributed by atoms with van der Waals surface area (Å²) in [6.45, 7) is 0. The molecule has 0 spiro atoms. The second kappa shape index (κ2) is 5.95. The SMILES string of the molecule is O=C(Nc1cc(-n2cncn2)ncn1)c1ccc(I)cc1. The minimum Gasteiger partial charge on any atom is -0.306 e. The average molecular weight is 392 g/mol. The molecule has 2 heterocycles. The number of hydrogen-bond acceptors (Lipinski definition) is 5. The first-order valence-electron chi connectivity index (χ1n) is 5.96. The van der Waals surface area contributed by atoms with Crippen LogP contribution in [-0.4, -0.2) is 30.6 Å². The van der Waals surface area contributed by atoms with Crippen LogP contribution in [0.2, 0.25) is 0 Å². The summed E-state index contributed by atoms with van der Waals surface area (Å²) in [7, 11) is 0. The van der Waals surface area contributed by atoms with E-state index in [0.29, 0.717) is 17.2 Å². The minimum absolute atomic E-state index is 0.227. The van der Waals surface area contributed by atoms with Crippen molar-refractivity contribution < 1.29 is 4.79 Å². The fraction of sp³-hybridized carbons (Fsp3) is 0. The van der Waals surface area contributed by atoms with Gasteiger partial charge in [0.25, 0.3) is 5.91 Å². The van der Waals surface area contributed by atoms with Crippen molar-refractivity contribution in [1.29, 1.82) is 0 Å². The summed E-state index contributed by atoms with van der Waals surface area (Å²) >= 11 is 2.19. The van der Waals surface area contributed by atoms with Crippen molar-refractivity contribution in [2.24, 2.45) is 0 Å². The predicted octanol–water partition coefficient (Wildman–Crippen LogP) is 1.91. The molecule has 0 atom stereocenters. The number of amides is 1. The van der Waals surface area contributed by atoms with Crippen molar-refractivity contribution >= 4 is 34.3 Å². The van der Waals surface area contributed by atoms with Gasteiger partial charge in [0.15, 0.2) is 5.82 Å². The van der Waals surface area contributed by atoms with E-state index in [-0.39, 0.29) is 5.91 Å². The van der Waals surface area contributed by atoms with Gasteiger partial charge in [-0.05, 0) is 46.9 Å². The van der Waals surface area contributed by atoms with Crippen LogP contribution in [0.4, 0.5) is 5.82 Å². The van der Waals surface area contributed by atoms with Gasteiger partial charge >= 0.3 is 0 Å². The third-order valence-corrected chi connectivity index (χ3v) is 3.37. The van der Waals surface area contributed by atoms with E-state index in [1.165, 1.54) is 23.7 Å². The first-order valence-corrected chi connectivity index (χ1v) is 7.04. The number of nitrogens with zero attached hydrogens (tertiary/aromatic N) is 5. The first-order chi connectivity index (χ1) is 10.2. The van der Waals surface area contributed by atoms with Crippen molar-refractivity contribution in [2.75, 3.05) is 5.32 Å². The van der Waals surface area contributed by atoms with Crippen LogP contribution in [0.15, 0.2) is 49.3 Å². The lowest BCUT2D eigenvalue weighted by Crippen LogP contribution is -2.13. The maximum Gasteiger partial charge on any atom is 0.256 e. The molecule has 1 aromatic carbocycles. The van der Waals surface area contributed by atoms with Gasteiger partial charge in [-0.15, -0.1) is 0 Å². The molecule has 21 heavy (non-hydrogen) atoms. The van der Waals surface area contributed by atoms with Gasteiger partial charge in [-0.1, -0.05) is 0 Å². The summed E-state index contributed by atoms with van der Waals surface area (Å²) in [5.74, 6) is 0.703. The standard InChI is InChI=1S/C13H9IN6O/c14-10-3-1-9(2-4-10)13(21)19-11-5-12(17-7-16-11)20-8-15-6-18-20/h1-8H,(H,16,17,19,21). The maximum absolute atomic E-state index is 12.1. The van der Waals surface area contributed by atoms with Gasteiger partial charge in [0.2, 0.25) is 0 Å². The molecule has 0 aliphatic carbocycles. The molecule has 3 aromatic rings. The maximum atomic E-state index is 12.1. The van der Waals surface area contributed by atoms with E-state index in [9.17, 15) is 4.79 Å². The number of benzene rings is 1. The topological polar surface area (TPSA) is 85.6 Å². The number of hydrogen-bond donors (Lipinski definition) is 1. The predicted molar refractivity (Wildman–Crippen MR) is 84.1 cm³/mol. The molecule has 0 fully saturated rings. The molecule has 0 saturated heterocycles. The molecule has 0 aliphatic heterocycles. The fourth-order valence-corrected chi connectivity index (χ4v) is 2.02. The van der Waals surface area contributed by atoms with Gasteiger partial charge < -0.3 is 5.32 Å². The smallest absolute Gasteiger partial charge is 0.256 e. The van der Waals surface area contributed by atoms with Crippen molar-refractivity contribution in [2.45, 2.75) is 0 Å². The van der Waals surface area contributed by atoms with Gasteiger partial charge in [-0.2, -0.15) is 5.10 Å². The van der Waals surface area contributed by atoms with Crippen molar-refractivity contribution in [3.63, 3.8) is 0 Å². The molecule has 0 unspecified atom stereocenters. The molecule has 7 nitrogen and oxygen atoms in total. The molecular formula is C13H9IN6O. The van der Waals surface area contributed by atoms with Crippen LogP contribution in [-0.2, 0) is 0 Å². The molecule has 0 saturated carbocycles. The van der Waals surface area contributed by atoms with Crippen LogP contribution in [0.1, 0.15) is 10.4 Å². The summed E-state index contributed by atoms with van der Waals surface area (Å²) < 4.78 is 2.56. The Morgan fingerprint density at radius 3 is 2.67 bits per heavy atom. The molecule has 104 valence electrons. The Morgan fingerprint density at radius 2 is 1.95 bits per heavy atom. The van der Waals surface area contributed by atoms with Crippen molar-refractivity contribution in [3.8, 4) is 5.82 Å². The Morgan fingerprint density at radius 1 is 1.14 bits per heavy atom. The highest BCUT2D eigenvalue weighted by Gasteiger charge is 2.08. The molecule has 1 N–H and O–H groups in total. The van der Waals surface area contributed by atoms with Crippen LogP contribution in [0, 0.1) is 3.57 Å². The number of carbonyl (C=O) groups is 1. The molecule has 2 aromatic heterocycles. The van der Waals surface area contributed by atoms with Gasteiger partial charge in [0.05, 0.1) is 0 Å². The molecule has 0 aliphatic rings. The largest absolute Gasteiger partial charge is 0.306 e. The van der Waals surface area contributed by atoms with Gasteiger partial charge in [0, 0.05) is 15.2 Å². The molecule has 8 heteroatoms. The van der Waals surface area contributed by atoms with Crippen LogP contribution in [0.3, 0.4) is 0 Å². The van der Waals surface area contributed by atoms with E-state index in [1.807, 2.05) is 12.1 Å². The number of carbonyl (C=O) groups excluding carboxylic acids is 1. The van der Waals surface area contributed by atoms with E-state index in [4.69, 9.17) is 0 Å². The molecule has 0 radical (unpaired) electrons. The zero-order valence-corrected chi connectivity index (χ0v) is 12.8. The highest BCUT2D eigenvalue weighted by atomic mass is 127. The number of anilines is 1. The van der Waals surface area contributed by atoms with Crippen LogP contribution < -0.4 is 5.32 Å². The lowest BCUT2D eigenvalue weighted by atomic mass is 10.2. The summed E-state index contributed by atoms with van der Waals surface area (Å²) in [5.41, 5.74) is 0.566. The quantitative estimate of drug-likeness (QED) is 0.689. The Bertz CT molecular complexity index is 757. The zero-order chi connectivity index (χ0) is 14.7. The Labute approximate surface area is 133 Å². The molecule has 1 amide bonds. The average Bonchev–Trinajstić information content (AvgIpc) is 3.02. The monoisotopic (exact) mass is 392 g/mol. The number of rotatable bonds is 3. The Hall–Kier alpha value is -2.36. The first kappa shape index (κ1) is 13.6. The van der Waals surface area contributed by atoms with Crippen LogP contribution in [0.25, 0.3) is 5.82 Å². The van der Waals surface area contributed by atoms with Gasteiger partial charge in [-0.25, -0.2) is 19.6 Å². The third kappa shape index (κ3) is 3.21. The minimum atomic E-state index is -0.227. The molecule has 3 rings (SSSR count). The fourth-order valence-electron chi connectivity index (χ4n) is 1.66. The summed E-state index contributed by atoms with van der Waals surface area (Å²) in [6, 6.07) is 8.89. The molecule has 0 bridgehead atoms.